The Labute approximate surface area is 161 Å². The summed E-state index contributed by atoms with van der Waals surface area (Å²) in [5, 5.41) is 0. The van der Waals surface area contributed by atoms with E-state index in [1.165, 1.54) is 12.1 Å². The summed E-state index contributed by atoms with van der Waals surface area (Å²) in [6.45, 7) is 10.1. The van der Waals surface area contributed by atoms with Crippen molar-refractivity contribution in [2.75, 3.05) is 19.6 Å². The molecule has 2 aliphatic heterocycles. The molecule has 2 fully saturated rings. The van der Waals surface area contributed by atoms with Crippen LogP contribution < -0.4 is 0 Å². The SMILES string of the molecule is CC(C)CC(=O)N1CCC2(CC1)C(=O)N(C(C)C)CC2c1ccc(F)cc1. The number of amides is 2. The maximum atomic E-state index is 13.4. The number of hydrogen-bond donors (Lipinski definition) is 0. The molecule has 1 unspecified atom stereocenters. The average molecular weight is 375 g/mol. The van der Waals surface area contributed by atoms with Crippen LogP contribution in [0.5, 0.6) is 0 Å². The van der Waals surface area contributed by atoms with Gasteiger partial charge in [-0.1, -0.05) is 26.0 Å². The quantitative estimate of drug-likeness (QED) is 0.804. The number of nitrogens with zero attached hydrogens (tertiary/aromatic N) is 2. The highest BCUT2D eigenvalue weighted by molar-refractivity contribution is 5.87. The highest BCUT2D eigenvalue weighted by Crippen LogP contribution is 2.51. The highest BCUT2D eigenvalue weighted by Gasteiger charge is 2.55. The molecule has 0 aliphatic carbocycles. The fourth-order valence-electron chi connectivity index (χ4n) is 4.65. The molecule has 0 saturated carbocycles. The van der Waals surface area contributed by atoms with Gasteiger partial charge in [0, 0.05) is 38.0 Å². The van der Waals surface area contributed by atoms with Gasteiger partial charge in [-0.25, -0.2) is 4.39 Å². The Bertz CT molecular complexity index is 691. The van der Waals surface area contributed by atoms with Gasteiger partial charge in [-0.2, -0.15) is 0 Å². The Morgan fingerprint density at radius 2 is 1.74 bits per heavy atom. The molecule has 0 radical (unpaired) electrons. The van der Waals surface area contributed by atoms with Gasteiger partial charge in [0.25, 0.3) is 0 Å². The zero-order valence-electron chi connectivity index (χ0n) is 16.9. The maximum absolute atomic E-state index is 13.4. The molecule has 0 bridgehead atoms. The Hall–Kier alpha value is -1.91. The number of carbonyl (C=O) groups excluding carboxylic acids is 2. The fraction of sp³-hybridized carbons (Fsp3) is 0.636. The van der Waals surface area contributed by atoms with Gasteiger partial charge in [-0.05, 0) is 50.3 Å². The molecule has 1 atom stereocenters. The summed E-state index contributed by atoms with van der Waals surface area (Å²) in [6.07, 6.45) is 1.92. The van der Waals surface area contributed by atoms with Gasteiger partial charge in [-0.15, -0.1) is 0 Å². The van der Waals surface area contributed by atoms with Crippen molar-refractivity contribution in [2.45, 2.75) is 58.9 Å². The molecular formula is C22H31FN2O2. The van der Waals surface area contributed by atoms with E-state index in [1.807, 2.05) is 35.8 Å². The fourth-order valence-corrected chi connectivity index (χ4v) is 4.65. The second kappa shape index (κ2) is 7.61. The average Bonchev–Trinajstić information content (AvgIpc) is 2.89. The van der Waals surface area contributed by atoms with Crippen LogP contribution in [-0.4, -0.2) is 47.3 Å². The topological polar surface area (TPSA) is 40.6 Å². The van der Waals surface area contributed by atoms with Crippen LogP contribution in [0.3, 0.4) is 0 Å². The van der Waals surface area contributed by atoms with Gasteiger partial charge in [0.05, 0.1) is 5.41 Å². The molecule has 0 aromatic heterocycles. The summed E-state index contributed by atoms with van der Waals surface area (Å²) < 4.78 is 13.4. The van der Waals surface area contributed by atoms with Crippen molar-refractivity contribution in [3.63, 3.8) is 0 Å². The van der Waals surface area contributed by atoms with Crippen LogP contribution in [-0.2, 0) is 9.59 Å². The maximum Gasteiger partial charge on any atom is 0.229 e. The third-order valence-corrected chi connectivity index (χ3v) is 6.22. The zero-order valence-corrected chi connectivity index (χ0v) is 16.9. The molecule has 2 aliphatic rings. The lowest BCUT2D eigenvalue weighted by atomic mass is 9.68. The number of hydrogen-bond acceptors (Lipinski definition) is 2. The number of halogens is 1. The van der Waals surface area contributed by atoms with E-state index in [4.69, 9.17) is 0 Å². The normalized spacial score (nSPS) is 22.3. The standard InChI is InChI=1S/C22H31FN2O2/c1-15(2)13-20(26)24-11-9-22(10-12-24)19(14-25(16(3)4)21(22)27)17-5-7-18(23)8-6-17/h5-8,15-16,19H,9-14H2,1-4H3. The van der Waals surface area contributed by atoms with Crippen LogP contribution in [0.25, 0.3) is 0 Å². The molecule has 2 heterocycles. The summed E-state index contributed by atoms with van der Waals surface area (Å²) in [5.74, 6) is 0.513. The minimum atomic E-state index is -0.475. The molecule has 148 valence electrons. The molecule has 2 amide bonds. The van der Waals surface area contributed by atoms with Crippen molar-refractivity contribution < 1.29 is 14.0 Å². The summed E-state index contributed by atoms with van der Waals surface area (Å²) >= 11 is 0. The van der Waals surface area contributed by atoms with E-state index >= 15 is 0 Å². The van der Waals surface area contributed by atoms with Crippen molar-refractivity contribution in [1.82, 2.24) is 9.80 Å². The van der Waals surface area contributed by atoms with E-state index in [0.29, 0.717) is 44.8 Å². The van der Waals surface area contributed by atoms with Crippen molar-refractivity contribution in [3.05, 3.63) is 35.6 Å². The number of benzene rings is 1. The van der Waals surface area contributed by atoms with E-state index in [1.54, 1.807) is 0 Å². The molecule has 1 aromatic carbocycles. The van der Waals surface area contributed by atoms with E-state index in [9.17, 15) is 14.0 Å². The first kappa shape index (κ1) is 19.8. The zero-order chi connectivity index (χ0) is 19.8. The first-order valence-electron chi connectivity index (χ1n) is 10.1. The third kappa shape index (κ3) is 3.74. The summed E-state index contributed by atoms with van der Waals surface area (Å²) in [7, 11) is 0. The molecular weight excluding hydrogens is 343 g/mol. The lowest BCUT2D eigenvalue weighted by molar-refractivity contribution is -0.144. The van der Waals surface area contributed by atoms with Crippen LogP contribution in [0.1, 0.15) is 58.4 Å². The van der Waals surface area contributed by atoms with Gasteiger partial charge in [0.15, 0.2) is 0 Å². The van der Waals surface area contributed by atoms with Gasteiger partial charge < -0.3 is 9.80 Å². The van der Waals surface area contributed by atoms with E-state index in [2.05, 4.69) is 13.8 Å². The molecule has 5 heteroatoms. The minimum absolute atomic E-state index is 0.0513. The molecule has 4 nitrogen and oxygen atoms in total. The molecule has 1 aromatic rings. The summed E-state index contributed by atoms with van der Waals surface area (Å²) in [5.41, 5.74) is 0.548. The molecule has 1 spiro atoms. The first-order chi connectivity index (χ1) is 12.7. The summed E-state index contributed by atoms with van der Waals surface area (Å²) in [6, 6.07) is 6.73. The Kier molecular flexibility index (Phi) is 5.59. The Morgan fingerprint density at radius 1 is 1.15 bits per heavy atom. The highest BCUT2D eigenvalue weighted by atomic mass is 19.1. The second-order valence-electron chi connectivity index (χ2n) is 8.79. The molecule has 2 saturated heterocycles. The number of likely N-dealkylation sites (tertiary alicyclic amines) is 2. The van der Waals surface area contributed by atoms with Crippen molar-refractivity contribution in [1.29, 1.82) is 0 Å². The van der Waals surface area contributed by atoms with Crippen LogP contribution in [0.2, 0.25) is 0 Å². The third-order valence-electron chi connectivity index (χ3n) is 6.22. The van der Waals surface area contributed by atoms with E-state index in [-0.39, 0.29) is 29.6 Å². The smallest absolute Gasteiger partial charge is 0.229 e. The summed E-state index contributed by atoms with van der Waals surface area (Å²) in [4.78, 5) is 29.7. The predicted octanol–water partition coefficient (Wildman–Crippen LogP) is 3.81. The number of carbonyl (C=O) groups is 2. The monoisotopic (exact) mass is 374 g/mol. The largest absolute Gasteiger partial charge is 0.343 e. The van der Waals surface area contributed by atoms with Crippen LogP contribution in [0.4, 0.5) is 4.39 Å². The Morgan fingerprint density at radius 3 is 2.26 bits per heavy atom. The van der Waals surface area contributed by atoms with Gasteiger partial charge in [0.1, 0.15) is 5.82 Å². The lowest BCUT2D eigenvalue weighted by Gasteiger charge is -2.41. The van der Waals surface area contributed by atoms with Gasteiger partial charge >= 0.3 is 0 Å². The molecule has 3 rings (SSSR count). The van der Waals surface area contributed by atoms with Gasteiger partial charge in [0.2, 0.25) is 11.8 Å². The molecule has 27 heavy (non-hydrogen) atoms. The van der Waals surface area contributed by atoms with Gasteiger partial charge in [-0.3, -0.25) is 9.59 Å². The number of rotatable bonds is 4. The van der Waals surface area contributed by atoms with E-state index < -0.39 is 5.41 Å². The molecule has 0 N–H and O–H groups in total. The predicted molar refractivity (Wildman–Crippen MR) is 104 cm³/mol. The second-order valence-corrected chi connectivity index (χ2v) is 8.79. The number of piperidine rings is 1. The Balaban J connectivity index is 1.85. The van der Waals surface area contributed by atoms with Crippen molar-refractivity contribution in [3.8, 4) is 0 Å². The van der Waals surface area contributed by atoms with Crippen LogP contribution in [0, 0.1) is 17.2 Å². The minimum Gasteiger partial charge on any atom is -0.343 e. The van der Waals surface area contributed by atoms with Crippen LogP contribution in [0.15, 0.2) is 24.3 Å². The van der Waals surface area contributed by atoms with Crippen molar-refractivity contribution in [2.24, 2.45) is 11.3 Å². The lowest BCUT2D eigenvalue weighted by Crippen LogP contribution is -2.49. The first-order valence-corrected chi connectivity index (χ1v) is 10.1. The van der Waals surface area contributed by atoms with Crippen LogP contribution >= 0.6 is 0 Å². The van der Waals surface area contributed by atoms with Crippen molar-refractivity contribution >= 4 is 11.8 Å². The van der Waals surface area contributed by atoms with E-state index in [0.717, 1.165) is 5.56 Å².